The predicted octanol–water partition coefficient (Wildman–Crippen LogP) is 1.40. The lowest BCUT2D eigenvalue weighted by atomic mass is 10.1. The third kappa shape index (κ3) is 3.44. The van der Waals surface area contributed by atoms with Crippen molar-refractivity contribution < 1.29 is 23.1 Å². The number of hydrogen-bond donors (Lipinski definition) is 1. The molecule has 1 fully saturated rings. The van der Waals surface area contributed by atoms with Crippen LogP contribution in [0.3, 0.4) is 0 Å². The molecule has 1 heterocycles. The molecule has 1 saturated heterocycles. The molecule has 0 radical (unpaired) electrons. The van der Waals surface area contributed by atoms with Crippen LogP contribution in [0.4, 0.5) is 0 Å². The standard InChI is InChI=1S/C16H22N2O5S/c1-11(2)17(3)24(22,23)13-7-4-6-12(10-13)15(19)18-9-5-8-14(18)16(20)21/h4,6-7,10-11,14H,5,8-9H2,1-3H3,(H,20,21)/t14-/m0/s1. The number of hydrogen-bond acceptors (Lipinski definition) is 4. The van der Waals surface area contributed by atoms with Gasteiger partial charge in [-0.15, -0.1) is 0 Å². The van der Waals surface area contributed by atoms with Gasteiger partial charge in [0.15, 0.2) is 0 Å². The first-order valence-electron chi connectivity index (χ1n) is 7.78. The van der Waals surface area contributed by atoms with Crippen molar-refractivity contribution in [2.75, 3.05) is 13.6 Å². The Morgan fingerprint density at radius 3 is 2.58 bits per heavy atom. The number of amides is 1. The highest BCUT2D eigenvalue weighted by molar-refractivity contribution is 7.89. The van der Waals surface area contributed by atoms with Crippen LogP contribution in [0.2, 0.25) is 0 Å². The molecule has 1 aromatic carbocycles. The van der Waals surface area contributed by atoms with Gasteiger partial charge < -0.3 is 10.0 Å². The van der Waals surface area contributed by atoms with Crippen molar-refractivity contribution >= 4 is 21.9 Å². The van der Waals surface area contributed by atoms with Crippen LogP contribution >= 0.6 is 0 Å². The van der Waals surface area contributed by atoms with E-state index in [0.29, 0.717) is 19.4 Å². The number of sulfonamides is 1. The van der Waals surface area contributed by atoms with Gasteiger partial charge in [-0.25, -0.2) is 13.2 Å². The van der Waals surface area contributed by atoms with Crippen molar-refractivity contribution in [3.05, 3.63) is 29.8 Å². The van der Waals surface area contributed by atoms with E-state index in [1.54, 1.807) is 13.8 Å². The smallest absolute Gasteiger partial charge is 0.326 e. The lowest BCUT2D eigenvalue weighted by molar-refractivity contribution is -0.141. The first kappa shape index (κ1) is 18.4. The predicted molar refractivity (Wildman–Crippen MR) is 88.2 cm³/mol. The molecule has 1 atom stereocenters. The van der Waals surface area contributed by atoms with Crippen LogP contribution in [0.1, 0.15) is 37.0 Å². The Morgan fingerprint density at radius 2 is 2.00 bits per heavy atom. The highest BCUT2D eigenvalue weighted by Gasteiger charge is 2.35. The lowest BCUT2D eigenvalue weighted by Crippen LogP contribution is -2.40. The minimum Gasteiger partial charge on any atom is -0.480 e. The fourth-order valence-electron chi connectivity index (χ4n) is 2.67. The molecule has 0 unspecified atom stereocenters. The van der Waals surface area contributed by atoms with Crippen LogP contribution in [0, 0.1) is 0 Å². The Bertz CT molecular complexity index is 745. The van der Waals surface area contributed by atoms with Gasteiger partial charge in [0.05, 0.1) is 4.90 Å². The van der Waals surface area contributed by atoms with Gasteiger partial charge in [-0.05, 0) is 44.9 Å². The van der Waals surface area contributed by atoms with Crippen LogP contribution in [0.5, 0.6) is 0 Å². The number of carbonyl (C=O) groups is 2. The van der Waals surface area contributed by atoms with E-state index in [1.165, 1.54) is 40.5 Å². The second-order valence-corrected chi connectivity index (χ2v) is 8.14. The summed E-state index contributed by atoms with van der Waals surface area (Å²) in [5, 5.41) is 9.20. The van der Waals surface area contributed by atoms with Gasteiger partial charge >= 0.3 is 5.97 Å². The molecule has 1 amide bonds. The van der Waals surface area contributed by atoms with Crippen LogP contribution < -0.4 is 0 Å². The van der Waals surface area contributed by atoms with Crippen molar-refractivity contribution in [3.63, 3.8) is 0 Å². The molecule has 0 aliphatic carbocycles. The molecule has 0 bridgehead atoms. The first-order chi connectivity index (χ1) is 11.2. The topological polar surface area (TPSA) is 95.0 Å². The van der Waals surface area contributed by atoms with E-state index in [9.17, 15) is 23.1 Å². The third-order valence-corrected chi connectivity index (χ3v) is 6.31. The molecule has 2 rings (SSSR count). The zero-order valence-corrected chi connectivity index (χ0v) is 14.8. The van der Waals surface area contributed by atoms with E-state index in [0.717, 1.165) is 0 Å². The number of nitrogens with zero attached hydrogens (tertiary/aromatic N) is 2. The maximum Gasteiger partial charge on any atom is 0.326 e. The van der Waals surface area contributed by atoms with Gasteiger partial charge in [-0.2, -0.15) is 4.31 Å². The third-order valence-electron chi connectivity index (χ3n) is 4.28. The maximum absolute atomic E-state index is 12.6. The van der Waals surface area contributed by atoms with Crippen LogP contribution in [0.15, 0.2) is 29.2 Å². The summed E-state index contributed by atoms with van der Waals surface area (Å²) in [5.74, 6) is -1.49. The number of likely N-dealkylation sites (tertiary alicyclic amines) is 1. The van der Waals surface area contributed by atoms with Gasteiger partial charge in [-0.3, -0.25) is 4.79 Å². The van der Waals surface area contributed by atoms with E-state index in [4.69, 9.17) is 0 Å². The number of rotatable bonds is 5. The van der Waals surface area contributed by atoms with Crippen LogP contribution in [0.25, 0.3) is 0 Å². The molecular weight excluding hydrogens is 332 g/mol. The average molecular weight is 354 g/mol. The van der Waals surface area contributed by atoms with Crippen molar-refractivity contribution in [2.45, 2.75) is 43.7 Å². The quantitative estimate of drug-likeness (QED) is 0.862. The van der Waals surface area contributed by atoms with Gasteiger partial charge in [-0.1, -0.05) is 6.07 Å². The van der Waals surface area contributed by atoms with Gasteiger partial charge in [0.1, 0.15) is 6.04 Å². The number of benzene rings is 1. The monoisotopic (exact) mass is 354 g/mol. The summed E-state index contributed by atoms with van der Waals surface area (Å²) in [5.41, 5.74) is 0.182. The number of carboxylic acid groups (broad SMARTS) is 1. The minimum absolute atomic E-state index is 0.0237. The SMILES string of the molecule is CC(C)N(C)S(=O)(=O)c1cccc(C(=O)N2CCC[C@H]2C(=O)O)c1. The Morgan fingerprint density at radius 1 is 1.33 bits per heavy atom. The summed E-state index contributed by atoms with van der Waals surface area (Å²) in [4.78, 5) is 25.2. The number of carbonyl (C=O) groups excluding carboxylic acids is 1. The van der Waals surface area contributed by atoms with Gasteiger partial charge in [0.2, 0.25) is 10.0 Å². The van der Waals surface area contributed by atoms with Crippen molar-refractivity contribution in [3.8, 4) is 0 Å². The van der Waals surface area contributed by atoms with Crippen LogP contribution in [-0.2, 0) is 14.8 Å². The van der Waals surface area contributed by atoms with Gasteiger partial charge in [0, 0.05) is 25.2 Å². The minimum atomic E-state index is -3.70. The van der Waals surface area contributed by atoms with Crippen molar-refractivity contribution in [1.29, 1.82) is 0 Å². The summed E-state index contributed by atoms with van der Waals surface area (Å²) in [6.07, 6.45) is 1.03. The average Bonchev–Trinajstić information content (AvgIpc) is 3.03. The zero-order valence-electron chi connectivity index (χ0n) is 14.0. The van der Waals surface area contributed by atoms with Crippen molar-refractivity contribution in [2.24, 2.45) is 0 Å². The zero-order chi connectivity index (χ0) is 18.1. The van der Waals surface area contributed by atoms with E-state index in [-0.39, 0.29) is 16.5 Å². The Kier molecular flexibility index (Phi) is 5.29. The van der Waals surface area contributed by atoms with E-state index in [1.807, 2.05) is 0 Å². The molecule has 1 aliphatic rings. The lowest BCUT2D eigenvalue weighted by Gasteiger charge is -2.23. The fraction of sp³-hybridized carbons (Fsp3) is 0.500. The fourth-order valence-corrected chi connectivity index (χ4v) is 4.08. The van der Waals surface area contributed by atoms with E-state index < -0.39 is 27.9 Å². The summed E-state index contributed by atoms with van der Waals surface area (Å²) in [6, 6.07) is 4.69. The Labute approximate surface area is 141 Å². The highest BCUT2D eigenvalue weighted by atomic mass is 32.2. The Hall–Kier alpha value is -1.93. The second-order valence-electron chi connectivity index (χ2n) is 6.14. The molecule has 1 N–H and O–H groups in total. The molecule has 0 aromatic heterocycles. The Balaban J connectivity index is 2.34. The summed E-state index contributed by atoms with van der Waals surface area (Å²) in [7, 11) is -2.22. The molecular formula is C16H22N2O5S. The second kappa shape index (κ2) is 6.90. The number of aliphatic carboxylic acids is 1. The maximum atomic E-state index is 12.6. The van der Waals surface area contributed by atoms with Gasteiger partial charge in [0.25, 0.3) is 5.91 Å². The molecule has 7 nitrogen and oxygen atoms in total. The molecule has 1 aromatic rings. The van der Waals surface area contributed by atoms with E-state index in [2.05, 4.69) is 0 Å². The van der Waals surface area contributed by atoms with E-state index >= 15 is 0 Å². The highest BCUT2D eigenvalue weighted by Crippen LogP contribution is 2.23. The largest absolute Gasteiger partial charge is 0.480 e. The van der Waals surface area contributed by atoms with Crippen LogP contribution in [-0.4, -0.2) is 60.3 Å². The molecule has 132 valence electrons. The molecule has 1 aliphatic heterocycles. The van der Waals surface area contributed by atoms with Crippen molar-refractivity contribution in [1.82, 2.24) is 9.21 Å². The first-order valence-corrected chi connectivity index (χ1v) is 9.22. The summed E-state index contributed by atoms with van der Waals surface area (Å²) >= 11 is 0. The number of carboxylic acids is 1. The molecule has 0 spiro atoms. The molecule has 0 saturated carbocycles. The normalized spacial score (nSPS) is 18.4. The molecule has 8 heteroatoms. The summed E-state index contributed by atoms with van der Waals surface area (Å²) in [6.45, 7) is 3.88. The summed E-state index contributed by atoms with van der Waals surface area (Å²) < 4.78 is 26.3. The molecule has 24 heavy (non-hydrogen) atoms.